The summed E-state index contributed by atoms with van der Waals surface area (Å²) in [5, 5.41) is 4.16. The number of nitrogens with one attached hydrogen (secondary N) is 1. The van der Waals surface area contributed by atoms with Crippen molar-refractivity contribution in [3.63, 3.8) is 0 Å². The zero-order chi connectivity index (χ0) is 13.3. The molecule has 1 aromatic carbocycles. The lowest BCUT2D eigenvalue weighted by Crippen LogP contribution is -1.99. The van der Waals surface area contributed by atoms with E-state index in [1.807, 2.05) is 42.5 Å². The van der Waals surface area contributed by atoms with E-state index in [1.54, 1.807) is 12.4 Å². The molecule has 98 valence electrons. The first kappa shape index (κ1) is 13.1. The smallest absolute Gasteiger partial charge is 0.146 e. The Morgan fingerprint density at radius 3 is 2.84 bits per heavy atom. The van der Waals surface area contributed by atoms with Crippen LogP contribution in [0.1, 0.15) is 18.9 Å². The van der Waals surface area contributed by atoms with E-state index >= 15 is 0 Å². The highest BCUT2D eigenvalue weighted by atomic mass is 16.5. The molecule has 0 unspecified atom stereocenters. The van der Waals surface area contributed by atoms with Crippen LogP contribution in [0.15, 0.2) is 53.8 Å². The molecule has 0 bridgehead atoms. The van der Waals surface area contributed by atoms with Crippen LogP contribution < -0.4 is 10.2 Å². The summed E-state index contributed by atoms with van der Waals surface area (Å²) in [6.45, 7) is 2.79. The molecule has 0 aliphatic rings. The number of hydrogen-bond donors (Lipinski definition) is 1. The van der Waals surface area contributed by atoms with Gasteiger partial charge in [0.25, 0.3) is 0 Å². The standard InChI is InChI=1S/C15H17N3O/c1-2-11-19-14-8-4-3-7-13(14)12-17-18-15-9-5-6-10-16-15/h3-10,12H,2,11H2,1H3,(H,16,18)/b17-12+. The fourth-order valence-corrected chi connectivity index (χ4v) is 1.53. The number of rotatable bonds is 6. The van der Waals surface area contributed by atoms with Crippen LogP contribution in [0.25, 0.3) is 0 Å². The van der Waals surface area contributed by atoms with Crippen molar-refractivity contribution >= 4 is 12.0 Å². The first-order valence-corrected chi connectivity index (χ1v) is 6.32. The van der Waals surface area contributed by atoms with Crippen molar-refractivity contribution in [2.24, 2.45) is 5.10 Å². The van der Waals surface area contributed by atoms with E-state index in [2.05, 4.69) is 22.4 Å². The highest BCUT2D eigenvalue weighted by molar-refractivity contribution is 5.83. The van der Waals surface area contributed by atoms with Crippen LogP contribution in [0.2, 0.25) is 0 Å². The maximum atomic E-state index is 5.65. The van der Waals surface area contributed by atoms with Gasteiger partial charge in [0, 0.05) is 11.8 Å². The number of hydrogen-bond acceptors (Lipinski definition) is 4. The normalized spacial score (nSPS) is 10.6. The van der Waals surface area contributed by atoms with Crippen molar-refractivity contribution in [3.05, 3.63) is 54.2 Å². The largest absolute Gasteiger partial charge is 0.493 e. The minimum Gasteiger partial charge on any atom is -0.493 e. The van der Waals surface area contributed by atoms with Crippen LogP contribution >= 0.6 is 0 Å². The third-order valence-corrected chi connectivity index (χ3v) is 2.43. The van der Waals surface area contributed by atoms with Crippen molar-refractivity contribution in [3.8, 4) is 5.75 Å². The van der Waals surface area contributed by atoms with Crippen molar-refractivity contribution in [2.45, 2.75) is 13.3 Å². The SMILES string of the molecule is CCCOc1ccccc1/C=N/Nc1ccccn1. The lowest BCUT2D eigenvalue weighted by atomic mass is 10.2. The maximum absolute atomic E-state index is 5.65. The minimum absolute atomic E-state index is 0.707. The summed E-state index contributed by atoms with van der Waals surface area (Å²) in [4.78, 5) is 4.13. The summed E-state index contributed by atoms with van der Waals surface area (Å²) < 4.78 is 5.65. The zero-order valence-electron chi connectivity index (χ0n) is 10.9. The second kappa shape index (κ2) is 7.16. The number of anilines is 1. The lowest BCUT2D eigenvalue weighted by Gasteiger charge is -2.07. The van der Waals surface area contributed by atoms with Gasteiger partial charge in [-0.2, -0.15) is 5.10 Å². The molecule has 1 heterocycles. The van der Waals surface area contributed by atoms with Gasteiger partial charge >= 0.3 is 0 Å². The molecule has 4 nitrogen and oxygen atoms in total. The molecule has 2 aromatic rings. The summed E-state index contributed by atoms with van der Waals surface area (Å²) in [5.74, 6) is 1.56. The fraction of sp³-hybridized carbons (Fsp3) is 0.200. The number of aromatic nitrogens is 1. The molecule has 19 heavy (non-hydrogen) atoms. The summed E-state index contributed by atoms with van der Waals surface area (Å²) in [6.07, 6.45) is 4.44. The predicted octanol–water partition coefficient (Wildman–Crippen LogP) is 3.32. The quantitative estimate of drug-likeness (QED) is 0.636. The van der Waals surface area contributed by atoms with Gasteiger partial charge in [0.2, 0.25) is 0 Å². The van der Waals surface area contributed by atoms with E-state index in [9.17, 15) is 0 Å². The van der Waals surface area contributed by atoms with Crippen molar-refractivity contribution in [1.29, 1.82) is 0 Å². The molecule has 0 saturated heterocycles. The number of para-hydroxylation sites is 1. The van der Waals surface area contributed by atoms with Crippen LogP contribution in [0.4, 0.5) is 5.82 Å². The van der Waals surface area contributed by atoms with Crippen molar-refractivity contribution < 1.29 is 4.74 Å². The van der Waals surface area contributed by atoms with E-state index in [-0.39, 0.29) is 0 Å². The number of ether oxygens (including phenoxy) is 1. The van der Waals surface area contributed by atoms with E-state index in [0.717, 1.165) is 17.7 Å². The predicted molar refractivity (Wildman–Crippen MR) is 77.7 cm³/mol. The van der Waals surface area contributed by atoms with Crippen LogP contribution in [-0.2, 0) is 0 Å². The molecule has 0 radical (unpaired) electrons. The Balaban J connectivity index is 2.02. The van der Waals surface area contributed by atoms with E-state index in [0.29, 0.717) is 12.4 Å². The van der Waals surface area contributed by atoms with Gasteiger partial charge in [0.1, 0.15) is 11.6 Å². The Morgan fingerprint density at radius 2 is 2.05 bits per heavy atom. The van der Waals surface area contributed by atoms with E-state index < -0.39 is 0 Å². The molecule has 0 spiro atoms. The van der Waals surface area contributed by atoms with E-state index in [4.69, 9.17) is 4.74 Å². The molecule has 4 heteroatoms. The van der Waals surface area contributed by atoms with Gasteiger partial charge in [-0.15, -0.1) is 0 Å². The first-order valence-electron chi connectivity index (χ1n) is 6.32. The molecule has 2 rings (SSSR count). The summed E-state index contributed by atoms with van der Waals surface area (Å²) in [6, 6.07) is 13.4. The average molecular weight is 255 g/mol. The summed E-state index contributed by atoms with van der Waals surface area (Å²) in [7, 11) is 0. The highest BCUT2D eigenvalue weighted by Crippen LogP contribution is 2.16. The van der Waals surface area contributed by atoms with Gasteiger partial charge in [-0.1, -0.05) is 25.1 Å². The zero-order valence-corrected chi connectivity index (χ0v) is 10.9. The molecular formula is C15H17N3O. The van der Waals surface area contributed by atoms with Crippen LogP contribution in [-0.4, -0.2) is 17.8 Å². The topological polar surface area (TPSA) is 46.5 Å². The molecule has 1 N–H and O–H groups in total. The van der Waals surface area contributed by atoms with Gasteiger partial charge in [-0.25, -0.2) is 4.98 Å². The van der Waals surface area contributed by atoms with Gasteiger partial charge in [0.15, 0.2) is 0 Å². The number of nitrogens with zero attached hydrogens (tertiary/aromatic N) is 2. The maximum Gasteiger partial charge on any atom is 0.146 e. The molecular weight excluding hydrogens is 238 g/mol. The van der Waals surface area contributed by atoms with E-state index in [1.165, 1.54) is 0 Å². The number of pyridine rings is 1. The average Bonchev–Trinajstić information content (AvgIpc) is 2.47. The molecule has 0 amide bonds. The second-order valence-corrected chi connectivity index (χ2v) is 3.97. The van der Waals surface area contributed by atoms with Gasteiger partial charge in [-0.05, 0) is 30.7 Å². The summed E-state index contributed by atoms with van der Waals surface area (Å²) in [5.41, 5.74) is 3.82. The van der Waals surface area contributed by atoms with Crippen LogP contribution in [0.3, 0.4) is 0 Å². The highest BCUT2D eigenvalue weighted by Gasteiger charge is 1.99. The molecule has 1 aromatic heterocycles. The van der Waals surface area contributed by atoms with Crippen molar-refractivity contribution in [1.82, 2.24) is 4.98 Å². The number of hydrazone groups is 1. The fourth-order valence-electron chi connectivity index (χ4n) is 1.53. The lowest BCUT2D eigenvalue weighted by molar-refractivity contribution is 0.317. The van der Waals surface area contributed by atoms with Gasteiger partial charge in [0.05, 0.1) is 12.8 Å². The van der Waals surface area contributed by atoms with Crippen LogP contribution in [0, 0.1) is 0 Å². The monoisotopic (exact) mass is 255 g/mol. The number of benzene rings is 1. The molecule has 0 saturated carbocycles. The van der Waals surface area contributed by atoms with Crippen LogP contribution in [0.5, 0.6) is 5.75 Å². The third-order valence-electron chi connectivity index (χ3n) is 2.43. The van der Waals surface area contributed by atoms with Gasteiger partial charge < -0.3 is 4.74 Å². The Labute approximate surface area is 113 Å². The Hall–Kier alpha value is -2.36. The molecule has 0 aliphatic heterocycles. The summed E-state index contributed by atoms with van der Waals surface area (Å²) >= 11 is 0. The van der Waals surface area contributed by atoms with Crippen molar-refractivity contribution in [2.75, 3.05) is 12.0 Å². The first-order chi connectivity index (χ1) is 9.40. The molecule has 0 atom stereocenters. The minimum atomic E-state index is 0.707. The Kier molecular flexibility index (Phi) is 4.93. The third kappa shape index (κ3) is 4.10. The molecule has 0 fully saturated rings. The van der Waals surface area contributed by atoms with Gasteiger partial charge in [-0.3, -0.25) is 5.43 Å². The second-order valence-electron chi connectivity index (χ2n) is 3.97. The Bertz CT molecular complexity index is 526. The molecule has 0 aliphatic carbocycles. The Morgan fingerprint density at radius 1 is 1.21 bits per heavy atom.